The fraction of sp³-hybridized carbons (Fsp3) is 0.900. The highest BCUT2D eigenvalue weighted by molar-refractivity contribution is 5.76. The minimum Gasteiger partial charge on any atom is -0.479 e. The van der Waals surface area contributed by atoms with Crippen LogP contribution in [0.3, 0.4) is 0 Å². The molecule has 1 rings (SSSR count). The topological polar surface area (TPSA) is 49.8 Å². The molecule has 4 heteroatoms. The van der Waals surface area contributed by atoms with Crippen molar-refractivity contribution in [3.8, 4) is 0 Å². The quantitative estimate of drug-likeness (QED) is 0.754. The zero-order chi connectivity index (χ0) is 10.8. The third kappa shape index (κ3) is 2.69. The van der Waals surface area contributed by atoms with E-state index >= 15 is 0 Å². The van der Waals surface area contributed by atoms with E-state index in [1.54, 1.807) is 18.9 Å². The largest absolute Gasteiger partial charge is 0.479 e. The first-order valence-electron chi connectivity index (χ1n) is 5.12. The number of nitrogens with zero attached hydrogens (tertiary/aromatic N) is 1. The lowest BCUT2D eigenvalue weighted by atomic mass is 10.1. The highest BCUT2D eigenvalue weighted by Crippen LogP contribution is 2.21. The first-order chi connectivity index (χ1) is 6.43. The molecular weight excluding hydrogens is 182 g/mol. The lowest BCUT2D eigenvalue weighted by molar-refractivity contribution is -0.260. The third-order valence-electron chi connectivity index (χ3n) is 2.60. The van der Waals surface area contributed by atoms with Gasteiger partial charge in [-0.1, -0.05) is 6.42 Å². The molecule has 0 bridgehead atoms. The van der Waals surface area contributed by atoms with E-state index in [1.807, 2.05) is 0 Å². The van der Waals surface area contributed by atoms with Gasteiger partial charge in [0, 0.05) is 12.6 Å². The number of hydrogen-bond acceptors (Lipinski definition) is 3. The van der Waals surface area contributed by atoms with Crippen molar-refractivity contribution < 1.29 is 14.7 Å². The summed E-state index contributed by atoms with van der Waals surface area (Å²) in [4.78, 5) is 16.3. The van der Waals surface area contributed by atoms with E-state index in [0.717, 1.165) is 19.4 Å². The van der Waals surface area contributed by atoms with E-state index in [4.69, 9.17) is 9.94 Å². The lowest BCUT2D eigenvalue weighted by Crippen LogP contribution is -2.47. The van der Waals surface area contributed by atoms with E-state index in [2.05, 4.69) is 6.92 Å². The Morgan fingerprint density at radius 2 is 2.14 bits per heavy atom. The second-order valence-electron chi connectivity index (χ2n) is 4.39. The van der Waals surface area contributed by atoms with E-state index < -0.39 is 11.6 Å². The molecule has 82 valence electrons. The second-order valence-corrected chi connectivity index (χ2v) is 4.39. The predicted octanol–water partition coefficient (Wildman–Crippen LogP) is 1.66. The zero-order valence-corrected chi connectivity index (χ0v) is 9.12. The Labute approximate surface area is 84.8 Å². The van der Waals surface area contributed by atoms with Gasteiger partial charge in [-0.25, -0.2) is 4.79 Å². The van der Waals surface area contributed by atoms with Gasteiger partial charge >= 0.3 is 5.97 Å². The molecular formula is C10H19NO3. The summed E-state index contributed by atoms with van der Waals surface area (Å²) >= 11 is 0. The Kier molecular flexibility index (Phi) is 3.50. The zero-order valence-electron chi connectivity index (χ0n) is 9.12. The number of hydroxylamine groups is 2. The Balaban J connectivity index is 2.53. The molecule has 0 aromatic heterocycles. The van der Waals surface area contributed by atoms with Crippen LogP contribution < -0.4 is 0 Å². The summed E-state index contributed by atoms with van der Waals surface area (Å²) in [6, 6.07) is 0.322. The normalized spacial score (nSPS) is 24.9. The number of rotatable bonds is 3. The average Bonchev–Trinajstić information content (AvgIpc) is 2.08. The minimum absolute atomic E-state index is 0.322. The van der Waals surface area contributed by atoms with Crippen molar-refractivity contribution in [1.82, 2.24) is 5.06 Å². The molecule has 0 spiro atoms. The molecule has 14 heavy (non-hydrogen) atoms. The van der Waals surface area contributed by atoms with E-state index in [-0.39, 0.29) is 0 Å². The van der Waals surface area contributed by atoms with Crippen molar-refractivity contribution in [2.75, 3.05) is 6.54 Å². The smallest absolute Gasteiger partial charge is 0.337 e. The summed E-state index contributed by atoms with van der Waals surface area (Å²) in [7, 11) is 0. The molecule has 0 amide bonds. The summed E-state index contributed by atoms with van der Waals surface area (Å²) < 4.78 is 0. The number of aliphatic carboxylic acids is 1. The lowest BCUT2D eigenvalue weighted by Gasteiger charge is -2.36. The predicted molar refractivity (Wildman–Crippen MR) is 52.8 cm³/mol. The summed E-state index contributed by atoms with van der Waals surface area (Å²) in [6.07, 6.45) is 3.37. The highest BCUT2D eigenvalue weighted by Gasteiger charge is 2.33. The van der Waals surface area contributed by atoms with Crippen LogP contribution in [-0.4, -0.2) is 34.3 Å². The van der Waals surface area contributed by atoms with Crippen LogP contribution in [0.4, 0.5) is 0 Å². The monoisotopic (exact) mass is 201 g/mol. The Morgan fingerprint density at radius 3 is 2.64 bits per heavy atom. The van der Waals surface area contributed by atoms with Gasteiger partial charge in [0.25, 0.3) is 0 Å². The number of piperidine rings is 1. The van der Waals surface area contributed by atoms with Gasteiger partial charge in [-0.2, -0.15) is 5.06 Å². The van der Waals surface area contributed by atoms with Crippen LogP contribution in [0, 0.1) is 0 Å². The molecule has 1 fully saturated rings. The van der Waals surface area contributed by atoms with Crippen molar-refractivity contribution in [1.29, 1.82) is 0 Å². The standard InChI is InChI=1S/C10H19NO3/c1-8-6-4-5-7-11(8)14-10(2,3)9(12)13/h8H,4-7H2,1-3H3,(H,12,13). The fourth-order valence-electron chi connectivity index (χ4n) is 1.54. The molecule has 0 radical (unpaired) electrons. The van der Waals surface area contributed by atoms with Crippen LogP contribution in [-0.2, 0) is 9.63 Å². The molecule has 0 aliphatic carbocycles. The number of hydrogen-bond donors (Lipinski definition) is 1. The Bertz CT molecular complexity index is 215. The van der Waals surface area contributed by atoms with Gasteiger partial charge in [0.15, 0.2) is 5.60 Å². The average molecular weight is 201 g/mol. The van der Waals surface area contributed by atoms with Gasteiger partial charge in [-0.3, -0.25) is 4.84 Å². The minimum atomic E-state index is -1.12. The van der Waals surface area contributed by atoms with Crippen LogP contribution in [0.25, 0.3) is 0 Å². The molecule has 0 aromatic carbocycles. The molecule has 0 aromatic rings. The van der Waals surface area contributed by atoms with Crippen molar-refractivity contribution in [2.24, 2.45) is 0 Å². The summed E-state index contributed by atoms with van der Waals surface area (Å²) in [5.41, 5.74) is -1.12. The molecule has 1 unspecified atom stereocenters. The fourth-order valence-corrected chi connectivity index (χ4v) is 1.54. The summed E-state index contributed by atoms with van der Waals surface area (Å²) in [6.45, 7) is 6.06. The van der Waals surface area contributed by atoms with Crippen LogP contribution in [0.2, 0.25) is 0 Å². The molecule has 1 N–H and O–H groups in total. The van der Waals surface area contributed by atoms with E-state index in [9.17, 15) is 4.79 Å². The van der Waals surface area contributed by atoms with Gasteiger partial charge in [-0.15, -0.1) is 0 Å². The Hall–Kier alpha value is -0.610. The first kappa shape index (κ1) is 11.5. The van der Waals surface area contributed by atoms with Gasteiger partial charge in [0.05, 0.1) is 0 Å². The van der Waals surface area contributed by atoms with Crippen molar-refractivity contribution >= 4 is 5.97 Å². The van der Waals surface area contributed by atoms with E-state index in [1.165, 1.54) is 6.42 Å². The SMILES string of the molecule is CC1CCCCN1OC(C)(C)C(=O)O. The highest BCUT2D eigenvalue weighted by atomic mass is 16.7. The molecule has 1 heterocycles. The van der Waals surface area contributed by atoms with Gasteiger partial charge < -0.3 is 5.11 Å². The van der Waals surface area contributed by atoms with E-state index in [0.29, 0.717) is 6.04 Å². The molecule has 1 atom stereocenters. The van der Waals surface area contributed by atoms with Crippen molar-refractivity contribution in [3.63, 3.8) is 0 Å². The molecule has 1 aliphatic rings. The third-order valence-corrected chi connectivity index (χ3v) is 2.60. The van der Waals surface area contributed by atoms with Crippen LogP contribution in [0.1, 0.15) is 40.0 Å². The van der Waals surface area contributed by atoms with Crippen LogP contribution >= 0.6 is 0 Å². The molecule has 1 saturated heterocycles. The summed E-state index contributed by atoms with van der Waals surface area (Å²) in [5, 5.41) is 10.7. The Morgan fingerprint density at radius 1 is 1.50 bits per heavy atom. The number of carboxylic acid groups (broad SMARTS) is 1. The number of carboxylic acids is 1. The number of carbonyl (C=O) groups is 1. The van der Waals surface area contributed by atoms with Gasteiger partial charge in [0.1, 0.15) is 0 Å². The van der Waals surface area contributed by atoms with Gasteiger partial charge in [-0.05, 0) is 33.6 Å². The van der Waals surface area contributed by atoms with Crippen LogP contribution in [0.15, 0.2) is 0 Å². The first-order valence-corrected chi connectivity index (χ1v) is 5.12. The summed E-state index contributed by atoms with van der Waals surface area (Å²) in [5.74, 6) is -0.921. The van der Waals surface area contributed by atoms with Crippen molar-refractivity contribution in [2.45, 2.75) is 51.7 Å². The molecule has 4 nitrogen and oxygen atoms in total. The molecule has 1 aliphatic heterocycles. The van der Waals surface area contributed by atoms with Crippen molar-refractivity contribution in [3.05, 3.63) is 0 Å². The maximum absolute atomic E-state index is 10.8. The maximum atomic E-state index is 10.8. The van der Waals surface area contributed by atoms with Gasteiger partial charge in [0.2, 0.25) is 0 Å². The van der Waals surface area contributed by atoms with Crippen LogP contribution in [0.5, 0.6) is 0 Å². The second kappa shape index (κ2) is 4.28. The maximum Gasteiger partial charge on any atom is 0.337 e. The molecule has 0 saturated carbocycles.